The van der Waals surface area contributed by atoms with Crippen LogP contribution in [0.25, 0.3) is 0 Å². The molecule has 0 amide bonds. The molecule has 2 heterocycles. The molecule has 2 aromatic rings. The van der Waals surface area contributed by atoms with Gasteiger partial charge < -0.3 is 10.9 Å². The summed E-state index contributed by atoms with van der Waals surface area (Å²) in [6, 6.07) is 3.93. The summed E-state index contributed by atoms with van der Waals surface area (Å²) in [4.78, 5) is 4.27. The molecule has 3 N–H and O–H groups in total. The Kier molecular flexibility index (Phi) is 4.00. The van der Waals surface area contributed by atoms with E-state index in [-0.39, 0.29) is 5.84 Å². The SMILES string of the molecule is N/C(=N\O)c1ccc(Sc2nnnn2C2CCCC2)nc1. The van der Waals surface area contributed by atoms with Crippen LogP contribution in [-0.4, -0.2) is 36.2 Å². The molecule has 110 valence electrons. The Labute approximate surface area is 125 Å². The number of amidine groups is 1. The summed E-state index contributed by atoms with van der Waals surface area (Å²) >= 11 is 1.41. The molecule has 0 spiro atoms. The van der Waals surface area contributed by atoms with Crippen molar-refractivity contribution in [3.05, 3.63) is 23.9 Å². The van der Waals surface area contributed by atoms with Crippen molar-refractivity contribution in [3.8, 4) is 0 Å². The maximum Gasteiger partial charge on any atom is 0.215 e. The molecular weight excluding hydrogens is 290 g/mol. The van der Waals surface area contributed by atoms with Crippen molar-refractivity contribution in [2.24, 2.45) is 10.9 Å². The smallest absolute Gasteiger partial charge is 0.215 e. The zero-order valence-electron chi connectivity index (χ0n) is 11.3. The molecule has 0 radical (unpaired) electrons. The molecule has 2 aromatic heterocycles. The molecule has 3 rings (SSSR count). The Morgan fingerprint density at radius 2 is 2.19 bits per heavy atom. The van der Waals surface area contributed by atoms with E-state index >= 15 is 0 Å². The molecule has 0 bridgehead atoms. The highest BCUT2D eigenvalue weighted by atomic mass is 32.2. The molecule has 21 heavy (non-hydrogen) atoms. The van der Waals surface area contributed by atoms with Gasteiger partial charge in [-0.05, 0) is 47.2 Å². The highest BCUT2D eigenvalue weighted by Gasteiger charge is 2.22. The predicted molar refractivity (Wildman–Crippen MR) is 76.2 cm³/mol. The molecule has 8 nitrogen and oxygen atoms in total. The molecule has 1 aliphatic carbocycles. The second-order valence-corrected chi connectivity index (χ2v) is 5.80. The van der Waals surface area contributed by atoms with Gasteiger partial charge in [0.15, 0.2) is 5.84 Å². The predicted octanol–water partition coefficient (Wildman–Crippen LogP) is 1.43. The van der Waals surface area contributed by atoms with Crippen LogP contribution in [-0.2, 0) is 0 Å². The molecule has 9 heteroatoms. The van der Waals surface area contributed by atoms with E-state index in [1.54, 1.807) is 18.3 Å². The van der Waals surface area contributed by atoms with Crippen LogP contribution in [0.2, 0.25) is 0 Å². The van der Waals surface area contributed by atoms with Crippen LogP contribution in [0, 0.1) is 0 Å². The summed E-state index contributed by atoms with van der Waals surface area (Å²) in [5, 5.41) is 25.0. The van der Waals surface area contributed by atoms with E-state index < -0.39 is 0 Å². The molecule has 0 atom stereocenters. The minimum atomic E-state index is 0.0369. The van der Waals surface area contributed by atoms with E-state index in [4.69, 9.17) is 10.9 Å². The first-order chi connectivity index (χ1) is 10.3. The summed E-state index contributed by atoms with van der Waals surface area (Å²) < 4.78 is 1.89. The number of rotatable bonds is 4. The number of nitrogens with two attached hydrogens (primary N) is 1. The second-order valence-electron chi connectivity index (χ2n) is 4.82. The van der Waals surface area contributed by atoms with Crippen LogP contribution in [0.3, 0.4) is 0 Å². The molecule has 0 unspecified atom stereocenters. The molecule has 1 aliphatic rings. The van der Waals surface area contributed by atoms with Gasteiger partial charge in [-0.1, -0.05) is 18.0 Å². The quantitative estimate of drug-likeness (QED) is 0.380. The van der Waals surface area contributed by atoms with E-state index in [9.17, 15) is 0 Å². The van der Waals surface area contributed by atoms with Gasteiger partial charge >= 0.3 is 0 Å². The van der Waals surface area contributed by atoms with Crippen molar-refractivity contribution < 1.29 is 5.21 Å². The zero-order chi connectivity index (χ0) is 14.7. The van der Waals surface area contributed by atoms with Crippen molar-refractivity contribution in [1.29, 1.82) is 0 Å². The van der Waals surface area contributed by atoms with Gasteiger partial charge in [0.25, 0.3) is 0 Å². The highest BCUT2D eigenvalue weighted by molar-refractivity contribution is 7.99. The average Bonchev–Trinajstić information content (AvgIpc) is 3.18. The van der Waals surface area contributed by atoms with Gasteiger partial charge in [0.05, 0.1) is 6.04 Å². The van der Waals surface area contributed by atoms with Crippen LogP contribution >= 0.6 is 11.8 Å². The summed E-state index contributed by atoms with van der Waals surface area (Å²) in [6.45, 7) is 0. The molecule has 1 saturated carbocycles. The van der Waals surface area contributed by atoms with Gasteiger partial charge in [-0.25, -0.2) is 9.67 Å². The number of hydrogen-bond donors (Lipinski definition) is 2. The van der Waals surface area contributed by atoms with Crippen LogP contribution < -0.4 is 5.73 Å². The van der Waals surface area contributed by atoms with Crippen molar-refractivity contribution in [2.75, 3.05) is 0 Å². The van der Waals surface area contributed by atoms with E-state index in [0.29, 0.717) is 11.6 Å². The Hall–Kier alpha value is -2.16. The second kappa shape index (κ2) is 6.08. The van der Waals surface area contributed by atoms with Gasteiger partial charge in [-0.15, -0.1) is 5.10 Å². The normalized spacial score (nSPS) is 16.5. The van der Waals surface area contributed by atoms with Crippen LogP contribution in [0.1, 0.15) is 37.3 Å². The fourth-order valence-corrected chi connectivity index (χ4v) is 3.16. The summed E-state index contributed by atoms with van der Waals surface area (Å²) in [5.74, 6) is 0.0369. The summed E-state index contributed by atoms with van der Waals surface area (Å²) in [6.07, 6.45) is 6.24. The number of hydrogen-bond acceptors (Lipinski definition) is 7. The number of tetrazole rings is 1. The highest BCUT2D eigenvalue weighted by Crippen LogP contribution is 2.33. The van der Waals surface area contributed by atoms with Crippen molar-refractivity contribution >= 4 is 17.6 Å². The Bertz CT molecular complexity index is 633. The lowest BCUT2D eigenvalue weighted by atomic mass is 10.3. The number of oxime groups is 1. The number of aromatic nitrogens is 5. The van der Waals surface area contributed by atoms with Gasteiger partial charge in [0, 0.05) is 11.8 Å². The van der Waals surface area contributed by atoms with Crippen molar-refractivity contribution in [2.45, 2.75) is 41.9 Å². The Morgan fingerprint density at radius 1 is 1.38 bits per heavy atom. The fourth-order valence-electron chi connectivity index (χ4n) is 2.37. The maximum absolute atomic E-state index is 8.62. The van der Waals surface area contributed by atoms with E-state index in [1.807, 2.05) is 4.68 Å². The van der Waals surface area contributed by atoms with Gasteiger partial charge in [0.1, 0.15) is 5.03 Å². The molecule has 0 aliphatic heterocycles. The zero-order valence-corrected chi connectivity index (χ0v) is 12.1. The van der Waals surface area contributed by atoms with Crippen LogP contribution in [0.4, 0.5) is 0 Å². The maximum atomic E-state index is 8.62. The number of nitrogens with zero attached hydrogens (tertiary/aromatic N) is 6. The summed E-state index contributed by atoms with van der Waals surface area (Å²) in [7, 11) is 0. The molecular formula is C12H15N7OS. The Morgan fingerprint density at radius 3 is 2.86 bits per heavy atom. The first kappa shape index (κ1) is 13.8. The first-order valence-corrected chi connectivity index (χ1v) is 7.49. The third-order valence-electron chi connectivity index (χ3n) is 3.47. The van der Waals surface area contributed by atoms with Gasteiger partial charge in [0.2, 0.25) is 5.16 Å². The van der Waals surface area contributed by atoms with Crippen LogP contribution in [0.5, 0.6) is 0 Å². The van der Waals surface area contributed by atoms with Gasteiger partial charge in [-0.3, -0.25) is 0 Å². The lowest BCUT2D eigenvalue weighted by Crippen LogP contribution is -2.13. The lowest BCUT2D eigenvalue weighted by Gasteiger charge is -2.10. The van der Waals surface area contributed by atoms with Gasteiger partial charge in [-0.2, -0.15) is 0 Å². The summed E-state index contributed by atoms with van der Waals surface area (Å²) in [5.41, 5.74) is 6.07. The molecule has 1 fully saturated rings. The molecule has 0 saturated heterocycles. The first-order valence-electron chi connectivity index (χ1n) is 6.67. The van der Waals surface area contributed by atoms with E-state index in [2.05, 4.69) is 25.7 Å². The minimum absolute atomic E-state index is 0.0369. The average molecular weight is 305 g/mol. The lowest BCUT2D eigenvalue weighted by molar-refractivity contribution is 0.318. The van der Waals surface area contributed by atoms with Crippen molar-refractivity contribution in [1.82, 2.24) is 25.2 Å². The Balaban J connectivity index is 1.76. The largest absolute Gasteiger partial charge is 0.409 e. The third-order valence-corrected chi connectivity index (χ3v) is 4.37. The molecule has 0 aromatic carbocycles. The monoisotopic (exact) mass is 305 g/mol. The standard InChI is InChI=1S/C12H15N7OS/c13-11(16-20)8-5-6-10(14-7-8)21-12-15-17-18-19(12)9-3-1-2-4-9/h5-7,9,20H,1-4H2,(H2,13,16). The number of pyridine rings is 1. The fraction of sp³-hybridized carbons (Fsp3) is 0.417. The minimum Gasteiger partial charge on any atom is -0.409 e. The van der Waals surface area contributed by atoms with E-state index in [1.165, 1.54) is 24.6 Å². The third kappa shape index (κ3) is 2.97. The topological polar surface area (TPSA) is 115 Å². The van der Waals surface area contributed by atoms with Crippen molar-refractivity contribution in [3.63, 3.8) is 0 Å². The van der Waals surface area contributed by atoms with Crippen LogP contribution in [0.15, 0.2) is 33.7 Å². The van der Waals surface area contributed by atoms with E-state index in [0.717, 1.165) is 23.0 Å².